The molecule has 0 radical (unpaired) electrons. The van der Waals surface area contributed by atoms with Crippen LogP contribution in [-0.4, -0.2) is 31.0 Å². The smallest absolute Gasteiger partial charge is 0.116 e. The van der Waals surface area contributed by atoms with E-state index >= 15 is 0 Å². The molecule has 13 heavy (non-hydrogen) atoms. The van der Waals surface area contributed by atoms with E-state index in [1.165, 1.54) is 0 Å². The molecule has 0 aliphatic carbocycles. The number of ether oxygens (including phenoxy) is 2. The molecule has 0 spiro atoms. The lowest BCUT2D eigenvalue weighted by Crippen LogP contribution is -2.21. The monoisotopic (exact) mass is 186 g/mol. The first-order valence-corrected chi connectivity index (χ1v) is 4.33. The average Bonchev–Trinajstić information content (AvgIpc) is 2.14. The van der Waals surface area contributed by atoms with Gasteiger partial charge in [-0.2, -0.15) is 0 Å². The number of hydrogen-bond acceptors (Lipinski definition) is 3. The fourth-order valence-electron chi connectivity index (χ4n) is 0.646. The summed E-state index contributed by atoms with van der Waals surface area (Å²) < 4.78 is 10.2. The van der Waals surface area contributed by atoms with Crippen molar-refractivity contribution in [2.75, 3.05) is 19.8 Å². The third kappa shape index (κ3) is 7.56. The van der Waals surface area contributed by atoms with Gasteiger partial charge < -0.3 is 14.6 Å². The summed E-state index contributed by atoms with van der Waals surface area (Å²) in [5.74, 6) is 0.808. The third-order valence-electron chi connectivity index (χ3n) is 1.46. The Morgan fingerprint density at radius 1 is 1.54 bits per heavy atom. The van der Waals surface area contributed by atoms with E-state index in [1.54, 1.807) is 6.08 Å². The second-order valence-electron chi connectivity index (χ2n) is 2.69. The van der Waals surface area contributed by atoms with E-state index in [-0.39, 0.29) is 13.2 Å². The van der Waals surface area contributed by atoms with Crippen LogP contribution in [0.4, 0.5) is 0 Å². The lowest BCUT2D eigenvalue weighted by molar-refractivity contribution is 0.00500. The zero-order chi connectivity index (χ0) is 10.1. The molecule has 0 aromatic carbocycles. The van der Waals surface area contributed by atoms with Gasteiger partial charge in [-0.05, 0) is 13.8 Å². The maximum Gasteiger partial charge on any atom is 0.116 e. The lowest BCUT2D eigenvalue weighted by atomic mass is 10.4. The molecule has 0 aliphatic heterocycles. The largest absolute Gasteiger partial charge is 0.496 e. The summed E-state index contributed by atoms with van der Waals surface area (Å²) in [4.78, 5) is 0. The van der Waals surface area contributed by atoms with Crippen LogP contribution in [0.5, 0.6) is 0 Å². The van der Waals surface area contributed by atoms with E-state index in [2.05, 4.69) is 6.58 Å². The molecule has 0 rings (SSSR count). The number of aliphatic hydroxyl groups is 1. The zero-order valence-electron chi connectivity index (χ0n) is 8.32. The van der Waals surface area contributed by atoms with Crippen LogP contribution in [0, 0.1) is 0 Å². The van der Waals surface area contributed by atoms with Crippen molar-refractivity contribution in [1.29, 1.82) is 0 Å². The third-order valence-corrected chi connectivity index (χ3v) is 1.46. The van der Waals surface area contributed by atoms with Crippen LogP contribution in [-0.2, 0) is 9.47 Å². The van der Waals surface area contributed by atoms with E-state index in [0.717, 1.165) is 5.76 Å². The molecule has 1 unspecified atom stereocenters. The second kappa shape index (κ2) is 7.83. The topological polar surface area (TPSA) is 38.7 Å². The summed E-state index contributed by atoms with van der Waals surface area (Å²) in [6.07, 6.45) is 2.91. The fraction of sp³-hybridized carbons (Fsp3) is 0.600. The molecule has 1 atom stereocenters. The standard InChI is InChI=1S/C10H18O3/c1-4-6-12-7-10(11)8-13-9(3)5-2/h4-5,10-11H,1,6-8H2,2-3H3. The molecule has 0 fully saturated rings. The summed E-state index contributed by atoms with van der Waals surface area (Å²) in [6.45, 7) is 8.24. The minimum absolute atomic E-state index is 0.271. The first-order valence-electron chi connectivity index (χ1n) is 4.33. The predicted molar refractivity (Wildman–Crippen MR) is 52.4 cm³/mol. The molecule has 0 saturated heterocycles. The Kier molecular flexibility index (Phi) is 7.35. The molecule has 0 bridgehead atoms. The molecule has 1 N–H and O–H groups in total. The fourth-order valence-corrected chi connectivity index (χ4v) is 0.646. The van der Waals surface area contributed by atoms with E-state index in [0.29, 0.717) is 6.61 Å². The zero-order valence-corrected chi connectivity index (χ0v) is 8.32. The van der Waals surface area contributed by atoms with Gasteiger partial charge in [0.25, 0.3) is 0 Å². The van der Waals surface area contributed by atoms with Crippen molar-refractivity contribution in [2.24, 2.45) is 0 Å². The summed E-state index contributed by atoms with van der Waals surface area (Å²) in [7, 11) is 0. The van der Waals surface area contributed by atoms with Gasteiger partial charge in [0.1, 0.15) is 12.7 Å². The molecule has 0 heterocycles. The molecular formula is C10H18O3. The van der Waals surface area contributed by atoms with E-state index in [4.69, 9.17) is 9.47 Å². The predicted octanol–water partition coefficient (Wildman–Crippen LogP) is 1.49. The first kappa shape index (κ1) is 12.2. The highest BCUT2D eigenvalue weighted by Gasteiger charge is 2.03. The van der Waals surface area contributed by atoms with Crippen LogP contribution in [0.1, 0.15) is 13.8 Å². The molecule has 0 aliphatic rings. The van der Waals surface area contributed by atoms with Crippen molar-refractivity contribution < 1.29 is 14.6 Å². The van der Waals surface area contributed by atoms with Crippen molar-refractivity contribution in [2.45, 2.75) is 20.0 Å². The van der Waals surface area contributed by atoms with Crippen LogP contribution in [0.3, 0.4) is 0 Å². The van der Waals surface area contributed by atoms with Gasteiger partial charge in [-0.3, -0.25) is 0 Å². The van der Waals surface area contributed by atoms with Crippen LogP contribution < -0.4 is 0 Å². The lowest BCUT2D eigenvalue weighted by Gasteiger charge is -2.11. The maximum absolute atomic E-state index is 9.31. The van der Waals surface area contributed by atoms with E-state index in [1.807, 2.05) is 19.9 Å². The van der Waals surface area contributed by atoms with Crippen molar-refractivity contribution in [1.82, 2.24) is 0 Å². The van der Waals surface area contributed by atoms with Crippen LogP contribution in [0.2, 0.25) is 0 Å². The Balaban J connectivity index is 3.39. The number of hydrogen-bond donors (Lipinski definition) is 1. The maximum atomic E-state index is 9.31. The number of rotatable bonds is 7. The molecule has 0 amide bonds. The van der Waals surface area contributed by atoms with Crippen molar-refractivity contribution >= 4 is 0 Å². The summed E-state index contributed by atoms with van der Waals surface area (Å²) in [5, 5.41) is 9.31. The summed E-state index contributed by atoms with van der Waals surface area (Å²) >= 11 is 0. The van der Waals surface area contributed by atoms with Crippen molar-refractivity contribution in [3.05, 3.63) is 24.5 Å². The van der Waals surface area contributed by atoms with Gasteiger partial charge in [-0.15, -0.1) is 6.58 Å². The molecular weight excluding hydrogens is 168 g/mol. The summed E-state index contributed by atoms with van der Waals surface area (Å²) in [5.41, 5.74) is 0. The highest BCUT2D eigenvalue weighted by molar-refractivity contribution is 4.84. The normalized spacial score (nSPS) is 13.9. The Morgan fingerprint density at radius 2 is 2.23 bits per heavy atom. The molecule has 0 aromatic rings. The molecule has 3 nitrogen and oxygen atoms in total. The van der Waals surface area contributed by atoms with Gasteiger partial charge in [-0.1, -0.05) is 12.2 Å². The number of allylic oxidation sites excluding steroid dienone is 2. The van der Waals surface area contributed by atoms with Gasteiger partial charge in [0.2, 0.25) is 0 Å². The highest BCUT2D eigenvalue weighted by atomic mass is 16.5. The Morgan fingerprint density at radius 3 is 2.77 bits per heavy atom. The second-order valence-corrected chi connectivity index (χ2v) is 2.69. The SMILES string of the molecule is C=CCOCC(O)COC(C)=CC. The Labute approximate surface area is 79.7 Å². The van der Waals surface area contributed by atoms with Gasteiger partial charge >= 0.3 is 0 Å². The quantitative estimate of drug-likeness (QED) is 0.372. The highest BCUT2D eigenvalue weighted by Crippen LogP contribution is 1.96. The molecule has 3 heteroatoms. The minimum atomic E-state index is -0.574. The van der Waals surface area contributed by atoms with Crippen LogP contribution in [0.15, 0.2) is 24.5 Å². The van der Waals surface area contributed by atoms with Crippen LogP contribution >= 0.6 is 0 Å². The molecule has 0 saturated carbocycles. The van der Waals surface area contributed by atoms with Crippen molar-refractivity contribution in [3.63, 3.8) is 0 Å². The summed E-state index contributed by atoms with van der Waals surface area (Å²) in [6, 6.07) is 0. The minimum Gasteiger partial charge on any atom is -0.496 e. The van der Waals surface area contributed by atoms with Gasteiger partial charge in [-0.25, -0.2) is 0 Å². The average molecular weight is 186 g/mol. The van der Waals surface area contributed by atoms with Crippen molar-refractivity contribution in [3.8, 4) is 0 Å². The Bertz CT molecular complexity index is 164. The number of aliphatic hydroxyl groups excluding tert-OH is 1. The van der Waals surface area contributed by atoms with Gasteiger partial charge in [0.05, 0.1) is 19.0 Å². The molecule has 0 aromatic heterocycles. The van der Waals surface area contributed by atoms with E-state index < -0.39 is 6.10 Å². The first-order chi connectivity index (χ1) is 6.20. The molecule has 76 valence electrons. The van der Waals surface area contributed by atoms with Gasteiger partial charge in [0, 0.05) is 0 Å². The van der Waals surface area contributed by atoms with Gasteiger partial charge in [0.15, 0.2) is 0 Å². The Hall–Kier alpha value is -0.800. The van der Waals surface area contributed by atoms with E-state index in [9.17, 15) is 5.11 Å². The van der Waals surface area contributed by atoms with Crippen LogP contribution in [0.25, 0.3) is 0 Å².